The first-order chi connectivity index (χ1) is 28.8. The van der Waals surface area contributed by atoms with Crippen LogP contribution in [-0.2, 0) is 0 Å². The van der Waals surface area contributed by atoms with E-state index in [4.69, 9.17) is 0 Å². The Kier molecular flexibility index (Phi) is 12.4. The van der Waals surface area contributed by atoms with Gasteiger partial charge in [-0.05, 0) is 54.8 Å². The minimum Gasteiger partial charge on any atom is -0.268 e. The Morgan fingerprint density at radius 2 is 0.803 bits per heavy atom. The zero-order chi connectivity index (χ0) is 44.6. The van der Waals surface area contributed by atoms with Crippen LogP contribution in [0.1, 0.15) is 203 Å². The van der Waals surface area contributed by atoms with Crippen molar-refractivity contribution in [2.24, 2.45) is 0 Å². The van der Waals surface area contributed by atoms with Gasteiger partial charge in [-0.1, -0.05) is 184 Å². The van der Waals surface area contributed by atoms with Crippen LogP contribution in [-0.4, -0.2) is 49.4 Å². The van der Waals surface area contributed by atoms with Gasteiger partial charge in [0.15, 0.2) is 0 Å². The van der Waals surface area contributed by atoms with Crippen LogP contribution in [0.2, 0.25) is 0 Å². The summed E-state index contributed by atoms with van der Waals surface area (Å²) in [5.74, 6) is 3.38. The average molecular weight is 833 g/mol. The van der Waals surface area contributed by atoms with Crippen LogP contribution in [0.4, 0.5) is 11.4 Å². The predicted octanol–water partition coefficient (Wildman–Crippen LogP) is 10.7. The van der Waals surface area contributed by atoms with E-state index in [9.17, 15) is 0 Å². The van der Waals surface area contributed by atoms with Crippen molar-refractivity contribution in [1.82, 2.24) is 4.57 Å². The molecule has 1 aromatic heterocycles. The molecular weight excluding hydrogens is 754 g/mol. The highest BCUT2D eigenvalue weighted by Gasteiger charge is 2.78. The topological polar surface area (TPSA) is 15.1 Å². The lowest BCUT2D eigenvalue weighted by atomic mass is 9.90. The summed E-state index contributed by atoms with van der Waals surface area (Å²) in [5, 5.41) is 0. The van der Waals surface area contributed by atoms with E-state index in [-0.39, 0.29) is 15.3 Å². The van der Waals surface area contributed by atoms with E-state index in [1.54, 1.807) is 22.6 Å². The molecule has 4 nitrogen and oxygen atoms in total. The standard InChI is InChI=1S/C54H78B2N4Si/c1-31(2)39-21-17-22-40(32(3)4)47(39)57-29-30-58(48-41(33(5)6)23-18-24-42(48)34(7)8)54(57)61(56)51-52(61)60(50-45(37(13)14)27-20-28-46(50)38(15)16)53(55)59(51)49-43(35(9)10)25-19-26-44(49)36(11)12/h17-38,51-52H,1-16,55-56H3/t51-,52+,61+. The summed E-state index contributed by atoms with van der Waals surface area (Å²) in [6.07, 6.45) is 5.04. The molecule has 3 atom stereocenters. The van der Waals surface area contributed by atoms with Gasteiger partial charge in [0.2, 0.25) is 5.45 Å². The molecule has 5 aromatic rings. The summed E-state index contributed by atoms with van der Waals surface area (Å²) >= 11 is 0. The van der Waals surface area contributed by atoms with Crippen LogP contribution in [0.15, 0.2) is 85.2 Å². The maximum Gasteiger partial charge on any atom is 0.205 e. The Morgan fingerprint density at radius 3 is 1.16 bits per heavy atom. The Labute approximate surface area is 373 Å². The van der Waals surface area contributed by atoms with Crippen LogP contribution in [0.5, 0.6) is 0 Å². The van der Waals surface area contributed by atoms with E-state index < -0.39 is 7.94 Å². The van der Waals surface area contributed by atoms with Gasteiger partial charge in [-0.2, -0.15) is 0 Å². The maximum atomic E-state index is 3.08. The smallest absolute Gasteiger partial charge is 0.205 e. The molecule has 0 spiro atoms. The van der Waals surface area contributed by atoms with Gasteiger partial charge in [0.25, 0.3) is 0 Å². The third kappa shape index (κ3) is 7.33. The van der Waals surface area contributed by atoms with Crippen molar-refractivity contribution < 1.29 is 9.14 Å². The first-order valence-electron chi connectivity index (χ1n) is 22.8. The third-order valence-corrected chi connectivity index (χ3v) is 16.0. The minimum atomic E-state index is -2.28. The number of hydrogen-bond donors (Lipinski definition) is 0. The molecular formula is C54H78B2N4Si. The van der Waals surface area contributed by atoms with Gasteiger partial charge < -0.3 is 0 Å². The predicted molar refractivity (Wildman–Crippen MR) is 273 cm³/mol. The van der Waals surface area contributed by atoms with Gasteiger partial charge in [-0.15, -0.1) is 0 Å². The number of anilines is 1. The molecule has 1 saturated heterocycles. The highest BCUT2D eigenvalue weighted by atomic mass is 28.3. The fourth-order valence-corrected chi connectivity index (χ4v) is 13.3. The number of imidazole rings is 1. The van der Waals surface area contributed by atoms with Gasteiger partial charge in [0, 0.05) is 44.5 Å². The average Bonchev–Trinajstić information content (AvgIpc) is 3.46. The monoisotopic (exact) mass is 833 g/mol. The Bertz CT molecular complexity index is 2280. The lowest BCUT2D eigenvalue weighted by Gasteiger charge is -2.31. The van der Waals surface area contributed by atoms with Gasteiger partial charge >= 0.3 is 0 Å². The third-order valence-electron chi connectivity index (χ3n) is 13.0. The number of hydrogen-bond acceptors (Lipinski definition) is 1. The molecule has 0 saturated carbocycles. The van der Waals surface area contributed by atoms with Crippen molar-refractivity contribution in [2.75, 3.05) is 4.90 Å². The highest BCUT2D eigenvalue weighted by molar-refractivity contribution is 7.32. The molecule has 61 heavy (non-hydrogen) atoms. The number of rotatable bonds is 13. The number of aromatic nitrogens is 2. The van der Waals surface area contributed by atoms with Gasteiger partial charge in [0.1, 0.15) is 54.4 Å². The molecule has 2 aliphatic rings. The number of amidine groups is 1. The quantitative estimate of drug-likeness (QED) is 0.0852. The molecule has 0 bridgehead atoms. The van der Waals surface area contributed by atoms with Crippen molar-refractivity contribution in [3.8, 4) is 11.4 Å². The Balaban J connectivity index is 1.68. The van der Waals surface area contributed by atoms with Crippen molar-refractivity contribution in [3.63, 3.8) is 0 Å². The second kappa shape index (κ2) is 16.9. The fraction of sp³-hybridized carbons (Fsp3) is 0.481. The number of nitrogens with zero attached hydrogens (tertiary/aromatic N) is 4. The fourth-order valence-electron chi connectivity index (χ4n) is 9.87. The summed E-state index contributed by atoms with van der Waals surface area (Å²) in [7, 11) is -2.73. The molecule has 7 heteroatoms. The lowest BCUT2D eigenvalue weighted by Crippen LogP contribution is -2.65. The van der Waals surface area contributed by atoms with E-state index in [0.29, 0.717) is 58.7 Å². The summed E-state index contributed by atoms with van der Waals surface area (Å²) in [6, 6.07) is 28.9. The van der Waals surface area contributed by atoms with Crippen molar-refractivity contribution in [1.29, 1.82) is 0 Å². The molecule has 0 N–H and O–H groups in total. The van der Waals surface area contributed by atoms with Crippen LogP contribution < -0.4 is 14.9 Å². The summed E-state index contributed by atoms with van der Waals surface area (Å²) in [4.78, 5) is 3.08. The zero-order valence-electron chi connectivity index (χ0n) is 39.1. The summed E-state index contributed by atoms with van der Waals surface area (Å²) in [5.41, 5.74) is 22.3. The lowest BCUT2D eigenvalue weighted by molar-refractivity contribution is -0.577. The molecule has 1 fully saturated rings. The van der Waals surface area contributed by atoms with E-state index in [1.807, 2.05) is 0 Å². The van der Waals surface area contributed by atoms with E-state index in [2.05, 4.69) is 215 Å². The molecule has 324 valence electrons. The molecule has 0 unspecified atom stereocenters. The highest BCUT2D eigenvalue weighted by Crippen LogP contribution is 2.53. The summed E-state index contributed by atoms with van der Waals surface area (Å²) < 4.78 is 8.71. The molecule has 0 radical (unpaired) electrons. The molecule has 2 aliphatic heterocycles. The van der Waals surface area contributed by atoms with Crippen molar-refractivity contribution >= 4 is 45.8 Å². The van der Waals surface area contributed by atoms with E-state index in [0.717, 1.165) is 0 Å². The van der Waals surface area contributed by atoms with Crippen LogP contribution in [0, 0.1) is 0 Å². The number of fused-ring (bicyclic) bond motifs is 1. The first kappa shape index (κ1) is 44.9. The number of benzene rings is 4. The van der Waals surface area contributed by atoms with Gasteiger partial charge in [-0.25, -0.2) is 9.13 Å². The van der Waals surface area contributed by atoms with Crippen LogP contribution >= 0.6 is 0 Å². The van der Waals surface area contributed by atoms with Crippen LogP contribution in [0.25, 0.3) is 11.4 Å². The van der Waals surface area contributed by atoms with Crippen LogP contribution in [0.3, 0.4) is 0 Å². The SMILES string of the molecule is [BH3-]C1=[N+](c2c(C(C)C)cccc2C(C)C)[C@H]2[C@@H](N1c1c(C(C)C)cccc1C(C)C)[Si@]2([BH3-])c1n(-c2c(C(C)C)cccc2C(C)C)cc[n+]1-c1c(C(C)C)cccc1C(C)C. The second-order valence-electron chi connectivity index (χ2n) is 19.9. The first-order valence-corrected chi connectivity index (χ1v) is 24.5. The summed E-state index contributed by atoms with van der Waals surface area (Å²) in [6.45, 7) is 38.7. The normalized spacial score (nSPS) is 19.1. The Hall–Kier alpha value is -4.09. The molecule has 7 rings (SSSR count). The zero-order valence-corrected chi connectivity index (χ0v) is 40.1. The van der Waals surface area contributed by atoms with E-state index >= 15 is 0 Å². The van der Waals surface area contributed by atoms with E-state index in [1.165, 1.54) is 55.9 Å². The van der Waals surface area contributed by atoms with Crippen molar-refractivity contribution in [2.45, 2.75) is 169 Å². The maximum absolute atomic E-state index is 3.08. The van der Waals surface area contributed by atoms with Crippen molar-refractivity contribution in [3.05, 3.63) is 130 Å². The van der Waals surface area contributed by atoms with Gasteiger partial charge in [0.05, 0.1) is 13.6 Å². The van der Waals surface area contributed by atoms with Gasteiger partial charge in [-0.3, -0.25) is 9.48 Å². The molecule has 0 amide bonds. The second-order valence-corrected chi connectivity index (χ2v) is 22.5. The molecule has 0 aliphatic carbocycles. The molecule has 3 heterocycles. The minimum absolute atomic E-state index is 0.213. The largest absolute Gasteiger partial charge is 0.268 e. The molecule has 4 aromatic carbocycles. The Morgan fingerprint density at radius 1 is 0.475 bits per heavy atom. The number of para-hydroxylation sites is 4.